The van der Waals surface area contributed by atoms with E-state index in [0.717, 1.165) is 64.6 Å². The summed E-state index contributed by atoms with van der Waals surface area (Å²) in [7, 11) is 0. The van der Waals surface area contributed by atoms with Crippen molar-refractivity contribution in [1.29, 1.82) is 0 Å². The van der Waals surface area contributed by atoms with E-state index in [1.807, 2.05) is 19.2 Å². The maximum absolute atomic E-state index is 13.9. The lowest BCUT2D eigenvalue weighted by molar-refractivity contribution is 0.0113. The van der Waals surface area contributed by atoms with Crippen LogP contribution in [0.4, 0.5) is 14.6 Å². The molecule has 0 spiro atoms. The number of likely N-dealkylation sites (tertiary alicyclic amines) is 1. The number of benzene rings is 1. The topological polar surface area (TPSA) is 83.1 Å². The van der Waals surface area contributed by atoms with E-state index in [2.05, 4.69) is 51.9 Å². The van der Waals surface area contributed by atoms with Crippen molar-refractivity contribution in [1.82, 2.24) is 29.8 Å². The van der Waals surface area contributed by atoms with E-state index in [0.29, 0.717) is 44.3 Å². The molecule has 1 aromatic carbocycles. The van der Waals surface area contributed by atoms with Gasteiger partial charge in [0.1, 0.15) is 29.8 Å². The van der Waals surface area contributed by atoms with Gasteiger partial charge < -0.3 is 14.6 Å². The average molecular weight is 560 g/mol. The number of aromatic nitrogens is 5. The van der Waals surface area contributed by atoms with Crippen LogP contribution in [0.5, 0.6) is 5.75 Å². The Labute approximate surface area is 238 Å². The number of fused-ring (bicyclic) bond motifs is 3. The van der Waals surface area contributed by atoms with Gasteiger partial charge in [-0.2, -0.15) is 0 Å². The van der Waals surface area contributed by atoms with Gasteiger partial charge in [-0.3, -0.25) is 4.90 Å². The lowest BCUT2D eigenvalue weighted by Crippen LogP contribution is -2.33. The van der Waals surface area contributed by atoms with Crippen LogP contribution in [-0.4, -0.2) is 62.0 Å². The molecular weight excluding hydrogens is 524 g/mol. The molecule has 7 rings (SSSR count). The molecule has 0 unspecified atom stereocenters. The van der Waals surface area contributed by atoms with E-state index in [1.165, 1.54) is 5.56 Å². The Balaban J connectivity index is 1.23. The Morgan fingerprint density at radius 2 is 1.93 bits per heavy atom. The second kappa shape index (κ2) is 9.72. The van der Waals surface area contributed by atoms with Crippen LogP contribution < -0.4 is 9.64 Å². The quantitative estimate of drug-likeness (QED) is 0.355. The second-order valence-corrected chi connectivity index (χ2v) is 12.6. The summed E-state index contributed by atoms with van der Waals surface area (Å²) in [4.78, 5) is 26.3. The summed E-state index contributed by atoms with van der Waals surface area (Å²) in [5, 5.41) is 0. The van der Waals surface area contributed by atoms with Crippen molar-refractivity contribution in [3.63, 3.8) is 0 Å². The first-order valence-electron chi connectivity index (χ1n) is 14.4. The van der Waals surface area contributed by atoms with Crippen molar-refractivity contribution in [2.75, 3.05) is 31.1 Å². The number of halogens is 2. The second-order valence-electron chi connectivity index (χ2n) is 12.6. The molecule has 4 aromatic rings. The molecular formula is C31H35F2N7O. The van der Waals surface area contributed by atoms with Gasteiger partial charge in [0.05, 0.1) is 25.2 Å². The molecule has 1 aliphatic carbocycles. The number of anilines is 1. The van der Waals surface area contributed by atoms with Crippen molar-refractivity contribution in [2.24, 2.45) is 5.41 Å². The van der Waals surface area contributed by atoms with Crippen LogP contribution in [0, 0.1) is 12.3 Å². The predicted molar refractivity (Wildman–Crippen MR) is 153 cm³/mol. The number of hydrogen-bond acceptors (Lipinski definition) is 7. The molecule has 0 radical (unpaired) electrons. The van der Waals surface area contributed by atoms with Crippen LogP contribution in [0.25, 0.3) is 22.3 Å². The lowest BCUT2D eigenvalue weighted by atomic mass is 9.76. The maximum atomic E-state index is 13.9. The fraction of sp³-hybridized carbons (Fsp3) is 0.484. The summed E-state index contributed by atoms with van der Waals surface area (Å²) >= 11 is 0. The first-order valence-corrected chi connectivity index (χ1v) is 14.4. The van der Waals surface area contributed by atoms with Crippen molar-refractivity contribution in [2.45, 2.75) is 65.5 Å². The van der Waals surface area contributed by atoms with Crippen LogP contribution in [0.2, 0.25) is 0 Å². The SMILES string of the molecule is Cc1nc2ncc(-c3ccc4c(c3)CN(c3nc(CN5CCC(F)(F)C5)nc5c3CC(C)(C)CC5)CCO4)cc2[nH]1. The molecule has 214 valence electrons. The van der Waals surface area contributed by atoms with E-state index < -0.39 is 5.92 Å². The summed E-state index contributed by atoms with van der Waals surface area (Å²) in [6.07, 6.45) is 4.55. The minimum Gasteiger partial charge on any atom is -0.491 e. The Bertz CT molecular complexity index is 1630. The number of hydrogen-bond donors (Lipinski definition) is 1. The molecule has 5 heterocycles. The smallest absolute Gasteiger partial charge is 0.261 e. The number of pyridine rings is 1. The zero-order valence-electron chi connectivity index (χ0n) is 23.8. The predicted octanol–water partition coefficient (Wildman–Crippen LogP) is 5.48. The standard InChI is InChI=1S/C31H35F2N7O/c1-19-35-25-13-21(15-34-28(25)36-19)20-4-5-26-22(12-20)16-40(10-11-41-26)29-23-14-30(2,3)7-6-24(23)37-27(38-29)17-39-9-8-31(32,33)18-39/h4-5,12-13,15H,6-11,14,16-18H2,1-3H3,(H,34,35,36). The van der Waals surface area contributed by atoms with Crippen molar-refractivity contribution >= 4 is 17.0 Å². The third-order valence-electron chi connectivity index (χ3n) is 8.55. The maximum Gasteiger partial charge on any atom is 0.261 e. The lowest BCUT2D eigenvalue weighted by Gasteiger charge is -2.34. The molecule has 1 saturated heterocycles. The highest BCUT2D eigenvalue weighted by molar-refractivity contribution is 5.78. The van der Waals surface area contributed by atoms with Crippen LogP contribution in [0.3, 0.4) is 0 Å². The van der Waals surface area contributed by atoms with Gasteiger partial charge in [-0.1, -0.05) is 19.9 Å². The number of alkyl halides is 2. The molecule has 10 heteroatoms. The van der Waals surface area contributed by atoms with Gasteiger partial charge in [0, 0.05) is 48.1 Å². The number of nitrogens with zero attached hydrogens (tertiary/aromatic N) is 6. The molecule has 3 aromatic heterocycles. The summed E-state index contributed by atoms with van der Waals surface area (Å²) in [6, 6.07) is 8.36. The molecule has 1 N–H and O–H groups in total. The molecule has 2 aliphatic heterocycles. The fourth-order valence-electron chi connectivity index (χ4n) is 6.39. The molecule has 3 aliphatic rings. The number of aryl methyl sites for hydroxylation is 2. The molecule has 1 fully saturated rings. The first-order chi connectivity index (χ1) is 19.6. The first kappa shape index (κ1) is 26.3. The van der Waals surface area contributed by atoms with E-state index in [-0.39, 0.29) is 18.4 Å². The van der Waals surface area contributed by atoms with Crippen LogP contribution in [-0.2, 0) is 25.9 Å². The molecule has 0 atom stereocenters. The zero-order chi connectivity index (χ0) is 28.4. The minimum atomic E-state index is -2.64. The van der Waals surface area contributed by atoms with E-state index in [1.54, 1.807) is 4.90 Å². The Morgan fingerprint density at radius 3 is 2.76 bits per heavy atom. The highest BCUT2D eigenvalue weighted by atomic mass is 19.3. The van der Waals surface area contributed by atoms with Crippen molar-refractivity contribution < 1.29 is 13.5 Å². The Morgan fingerprint density at radius 1 is 1.05 bits per heavy atom. The summed E-state index contributed by atoms with van der Waals surface area (Å²) in [5.41, 5.74) is 7.14. The van der Waals surface area contributed by atoms with Gasteiger partial charge in [0.2, 0.25) is 0 Å². The Hall–Kier alpha value is -3.66. The average Bonchev–Trinajstić information content (AvgIpc) is 3.38. The molecule has 0 bridgehead atoms. The van der Waals surface area contributed by atoms with Gasteiger partial charge in [-0.25, -0.2) is 28.7 Å². The zero-order valence-corrected chi connectivity index (χ0v) is 23.8. The normalized spacial score (nSPS) is 20.0. The van der Waals surface area contributed by atoms with Gasteiger partial charge in [-0.05, 0) is 55.4 Å². The number of ether oxygens (including phenoxy) is 1. The highest BCUT2D eigenvalue weighted by Crippen LogP contribution is 2.40. The monoisotopic (exact) mass is 559 g/mol. The number of rotatable bonds is 4. The number of imidazole rings is 1. The summed E-state index contributed by atoms with van der Waals surface area (Å²) in [5.74, 6) is 0.613. The van der Waals surface area contributed by atoms with E-state index in [9.17, 15) is 8.78 Å². The molecule has 41 heavy (non-hydrogen) atoms. The fourth-order valence-corrected chi connectivity index (χ4v) is 6.39. The van der Waals surface area contributed by atoms with Gasteiger partial charge in [-0.15, -0.1) is 0 Å². The van der Waals surface area contributed by atoms with E-state index in [4.69, 9.17) is 14.7 Å². The Kier molecular flexibility index (Phi) is 6.22. The highest BCUT2D eigenvalue weighted by Gasteiger charge is 2.39. The van der Waals surface area contributed by atoms with Crippen molar-refractivity contribution in [3.8, 4) is 16.9 Å². The molecule has 8 nitrogen and oxygen atoms in total. The summed E-state index contributed by atoms with van der Waals surface area (Å²) in [6.45, 7) is 8.82. The summed E-state index contributed by atoms with van der Waals surface area (Å²) < 4.78 is 34.1. The number of nitrogens with one attached hydrogen (secondary N) is 1. The third-order valence-corrected chi connectivity index (χ3v) is 8.55. The number of aromatic amines is 1. The van der Waals surface area contributed by atoms with Gasteiger partial charge >= 0.3 is 0 Å². The van der Waals surface area contributed by atoms with Crippen LogP contribution >= 0.6 is 0 Å². The van der Waals surface area contributed by atoms with Gasteiger partial charge in [0.25, 0.3) is 5.92 Å². The third kappa shape index (κ3) is 5.25. The van der Waals surface area contributed by atoms with Crippen LogP contribution in [0.1, 0.15) is 55.2 Å². The minimum absolute atomic E-state index is 0.107. The van der Waals surface area contributed by atoms with Crippen LogP contribution in [0.15, 0.2) is 30.5 Å². The largest absolute Gasteiger partial charge is 0.491 e. The van der Waals surface area contributed by atoms with Gasteiger partial charge in [0.15, 0.2) is 5.65 Å². The number of H-pyrrole nitrogens is 1. The van der Waals surface area contributed by atoms with Crippen molar-refractivity contribution in [3.05, 3.63) is 58.9 Å². The molecule has 0 saturated carbocycles. The van der Waals surface area contributed by atoms with E-state index >= 15 is 0 Å². The molecule has 0 amide bonds.